The Morgan fingerprint density at radius 1 is 1.20 bits per heavy atom. The summed E-state index contributed by atoms with van der Waals surface area (Å²) >= 11 is 0. The molecule has 0 spiro atoms. The van der Waals surface area contributed by atoms with Crippen LogP contribution in [0.2, 0.25) is 0 Å². The molecule has 2 nitrogen and oxygen atoms in total. The second-order valence-corrected chi connectivity index (χ2v) is 3.73. The van der Waals surface area contributed by atoms with Gasteiger partial charge in [-0.05, 0) is 25.1 Å². The van der Waals surface area contributed by atoms with E-state index in [0.717, 1.165) is 38.3 Å². The molecule has 2 heteroatoms. The largest absolute Gasteiger partial charge is 0.493 e. The number of rotatable bonds is 4. The molecule has 0 aromatic heterocycles. The third-order valence-electron chi connectivity index (χ3n) is 2.59. The number of ether oxygens (including phenoxy) is 1. The zero-order valence-electron chi connectivity index (χ0n) is 8.91. The van der Waals surface area contributed by atoms with Crippen LogP contribution in [0.15, 0.2) is 42.0 Å². The molecule has 0 radical (unpaired) electrons. The van der Waals surface area contributed by atoms with E-state index in [1.165, 1.54) is 5.57 Å². The van der Waals surface area contributed by atoms with Gasteiger partial charge in [0.1, 0.15) is 5.75 Å². The molecule has 80 valence electrons. The molecule has 1 aliphatic heterocycles. The van der Waals surface area contributed by atoms with E-state index < -0.39 is 0 Å². The van der Waals surface area contributed by atoms with Crippen LogP contribution in [0.5, 0.6) is 5.75 Å². The lowest BCUT2D eigenvalue weighted by molar-refractivity contribution is 0.319. The standard InChI is InChI=1S/C13H17NO/c1-2-4-13(5-3-1)15-11-8-12-6-9-14-10-7-12/h1-6,14H,7-11H2. The minimum absolute atomic E-state index is 0.788. The van der Waals surface area contributed by atoms with Gasteiger partial charge in [-0.3, -0.25) is 0 Å². The summed E-state index contributed by atoms with van der Waals surface area (Å²) < 4.78 is 5.65. The minimum atomic E-state index is 0.788. The van der Waals surface area contributed by atoms with Crippen LogP contribution in [0, 0.1) is 0 Å². The van der Waals surface area contributed by atoms with Crippen LogP contribution in [0.1, 0.15) is 12.8 Å². The topological polar surface area (TPSA) is 21.3 Å². The van der Waals surface area contributed by atoms with E-state index >= 15 is 0 Å². The van der Waals surface area contributed by atoms with Crippen molar-refractivity contribution in [2.75, 3.05) is 19.7 Å². The lowest BCUT2D eigenvalue weighted by Gasteiger charge is -2.14. The molecule has 15 heavy (non-hydrogen) atoms. The van der Waals surface area contributed by atoms with E-state index in [0.29, 0.717) is 0 Å². The van der Waals surface area contributed by atoms with E-state index in [2.05, 4.69) is 11.4 Å². The smallest absolute Gasteiger partial charge is 0.119 e. The maximum atomic E-state index is 5.65. The van der Waals surface area contributed by atoms with Gasteiger partial charge in [-0.15, -0.1) is 0 Å². The van der Waals surface area contributed by atoms with Gasteiger partial charge in [-0.2, -0.15) is 0 Å². The molecular formula is C13H17NO. The van der Waals surface area contributed by atoms with Gasteiger partial charge in [0.25, 0.3) is 0 Å². The van der Waals surface area contributed by atoms with Crippen LogP contribution in [0.25, 0.3) is 0 Å². The third kappa shape index (κ3) is 3.40. The van der Waals surface area contributed by atoms with Crippen molar-refractivity contribution in [3.63, 3.8) is 0 Å². The molecule has 0 unspecified atom stereocenters. The van der Waals surface area contributed by atoms with Crippen molar-refractivity contribution < 1.29 is 4.74 Å². The maximum Gasteiger partial charge on any atom is 0.119 e. The highest BCUT2D eigenvalue weighted by molar-refractivity contribution is 5.21. The molecule has 0 amide bonds. The summed E-state index contributed by atoms with van der Waals surface area (Å²) in [6, 6.07) is 9.99. The zero-order valence-corrected chi connectivity index (χ0v) is 8.91. The Hall–Kier alpha value is -1.28. The van der Waals surface area contributed by atoms with Gasteiger partial charge in [0.05, 0.1) is 6.61 Å². The average molecular weight is 203 g/mol. The molecule has 0 fully saturated rings. The molecule has 1 aromatic carbocycles. The van der Waals surface area contributed by atoms with Crippen molar-refractivity contribution in [2.24, 2.45) is 0 Å². The third-order valence-corrected chi connectivity index (χ3v) is 2.59. The van der Waals surface area contributed by atoms with Gasteiger partial charge in [-0.25, -0.2) is 0 Å². The second-order valence-electron chi connectivity index (χ2n) is 3.73. The van der Waals surface area contributed by atoms with Crippen molar-refractivity contribution in [1.82, 2.24) is 5.32 Å². The Morgan fingerprint density at radius 3 is 2.80 bits per heavy atom. The van der Waals surface area contributed by atoms with Crippen molar-refractivity contribution >= 4 is 0 Å². The summed E-state index contributed by atoms with van der Waals surface area (Å²) in [7, 11) is 0. The first-order valence-electron chi connectivity index (χ1n) is 5.51. The summed E-state index contributed by atoms with van der Waals surface area (Å²) in [6.07, 6.45) is 4.49. The number of hydrogen-bond donors (Lipinski definition) is 1. The Labute approximate surface area is 91.0 Å². The summed E-state index contributed by atoms with van der Waals surface area (Å²) in [5, 5.41) is 3.31. The van der Waals surface area contributed by atoms with Gasteiger partial charge in [0.15, 0.2) is 0 Å². The number of para-hydroxylation sites is 1. The van der Waals surface area contributed by atoms with Gasteiger partial charge < -0.3 is 10.1 Å². The van der Waals surface area contributed by atoms with E-state index in [1.54, 1.807) is 0 Å². The molecule has 1 aromatic rings. The second kappa shape index (κ2) is 5.56. The van der Waals surface area contributed by atoms with Crippen molar-refractivity contribution in [3.8, 4) is 5.75 Å². The maximum absolute atomic E-state index is 5.65. The first-order chi connectivity index (χ1) is 7.45. The lowest BCUT2D eigenvalue weighted by atomic mass is 10.1. The Morgan fingerprint density at radius 2 is 2.07 bits per heavy atom. The van der Waals surface area contributed by atoms with Gasteiger partial charge in [0.2, 0.25) is 0 Å². The van der Waals surface area contributed by atoms with E-state index in [1.807, 2.05) is 30.3 Å². The van der Waals surface area contributed by atoms with Crippen molar-refractivity contribution in [3.05, 3.63) is 42.0 Å². The van der Waals surface area contributed by atoms with Gasteiger partial charge in [-0.1, -0.05) is 29.8 Å². The van der Waals surface area contributed by atoms with Crippen LogP contribution in [0.4, 0.5) is 0 Å². The molecule has 1 aliphatic rings. The fraction of sp³-hybridized carbons (Fsp3) is 0.385. The first kappa shape index (κ1) is 10.2. The van der Waals surface area contributed by atoms with E-state index in [-0.39, 0.29) is 0 Å². The zero-order chi connectivity index (χ0) is 10.3. The summed E-state index contributed by atoms with van der Waals surface area (Å²) in [5.74, 6) is 0.965. The number of hydrogen-bond acceptors (Lipinski definition) is 2. The molecule has 0 bridgehead atoms. The highest BCUT2D eigenvalue weighted by Crippen LogP contribution is 2.12. The SMILES string of the molecule is C1=C(CCOc2ccccc2)CCNC1. The Balaban J connectivity index is 1.73. The van der Waals surface area contributed by atoms with Crippen LogP contribution in [-0.4, -0.2) is 19.7 Å². The van der Waals surface area contributed by atoms with Crippen LogP contribution in [0.3, 0.4) is 0 Å². The lowest BCUT2D eigenvalue weighted by Crippen LogP contribution is -2.21. The number of nitrogens with one attached hydrogen (secondary N) is 1. The van der Waals surface area contributed by atoms with Gasteiger partial charge in [0, 0.05) is 13.0 Å². The quantitative estimate of drug-likeness (QED) is 0.759. The summed E-state index contributed by atoms with van der Waals surface area (Å²) in [4.78, 5) is 0. The highest BCUT2D eigenvalue weighted by Gasteiger charge is 2.02. The van der Waals surface area contributed by atoms with E-state index in [9.17, 15) is 0 Å². The molecule has 1 N–H and O–H groups in total. The van der Waals surface area contributed by atoms with E-state index in [4.69, 9.17) is 4.74 Å². The summed E-state index contributed by atoms with van der Waals surface area (Å²) in [6.45, 7) is 2.91. The molecule has 0 aliphatic carbocycles. The van der Waals surface area contributed by atoms with Crippen LogP contribution >= 0.6 is 0 Å². The molecule has 1 heterocycles. The Bertz CT molecular complexity index is 319. The molecular weight excluding hydrogens is 186 g/mol. The summed E-state index contributed by atoms with van der Waals surface area (Å²) in [5.41, 5.74) is 1.52. The monoisotopic (exact) mass is 203 g/mol. The van der Waals surface area contributed by atoms with Crippen molar-refractivity contribution in [1.29, 1.82) is 0 Å². The first-order valence-corrected chi connectivity index (χ1v) is 5.51. The van der Waals surface area contributed by atoms with Crippen molar-refractivity contribution in [2.45, 2.75) is 12.8 Å². The van der Waals surface area contributed by atoms with Crippen LogP contribution < -0.4 is 10.1 Å². The van der Waals surface area contributed by atoms with Gasteiger partial charge >= 0.3 is 0 Å². The Kier molecular flexibility index (Phi) is 3.80. The molecule has 2 rings (SSSR count). The fourth-order valence-electron chi connectivity index (χ4n) is 1.71. The minimum Gasteiger partial charge on any atom is -0.493 e. The highest BCUT2D eigenvalue weighted by atomic mass is 16.5. The molecule has 0 saturated carbocycles. The molecule has 0 atom stereocenters. The fourth-order valence-corrected chi connectivity index (χ4v) is 1.71. The normalized spacial score (nSPS) is 15.9. The predicted octanol–water partition coefficient (Wildman–Crippen LogP) is 2.38. The predicted molar refractivity (Wildman–Crippen MR) is 62.1 cm³/mol. The number of benzene rings is 1. The average Bonchev–Trinajstić information content (AvgIpc) is 2.32. The molecule has 0 saturated heterocycles. The van der Waals surface area contributed by atoms with Crippen LogP contribution in [-0.2, 0) is 0 Å².